The fraction of sp³-hybridized carbons (Fsp3) is 0.0769. The van der Waals surface area contributed by atoms with Crippen LogP contribution in [0.5, 0.6) is 0 Å². The number of carbonyl (C=O) groups is 1. The lowest BCUT2D eigenvalue weighted by atomic mass is 10.2. The summed E-state index contributed by atoms with van der Waals surface area (Å²) in [6.45, 7) is 0. The van der Waals surface area contributed by atoms with E-state index in [0.29, 0.717) is 0 Å². The lowest BCUT2D eigenvalue weighted by Crippen LogP contribution is -2.22. The minimum atomic E-state index is -4.55. The van der Waals surface area contributed by atoms with Crippen LogP contribution in [0, 0.1) is 0 Å². The molecular formula is C13H8F3N5O. The summed E-state index contributed by atoms with van der Waals surface area (Å²) in [6, 6.07) is 2.69. The smallest absolute Gasteiger partial charge is 0.267 e. The third kappa shape index (κ3) is 2.48. The van der Waals surface area contributed by atoms with Gasteiger partial charge in [-0.25, -0.2) is 19.6 Å². The van der Waals surface area contributed by atoms with E-state index in [-0.39, 0.29) is 16.6 Å². The topological polar surface area (TPSA) is 72.7 Å². The SMILES string of the molecule is O=C(Nn1cc(C(F)(F)F)c2cccnc21)c1cncnc1. The van der Waals surface area contributed by atoms with Crippen molar-refractivity contribution in [2.45, 2.75) is 6.18 Å². The van der Waals surface area contributed by atoms with E-state index in [2.05, 4.69) is 20.4 Å². The monoisotopic (exact) mass is 307 g/mol. The van der Waals surface area contributed by atoms with E-state index in [9.17, 15) is 18.0 Å². The molecule has 9 heteroatoms. The zero-order valence-electron chi connectivity index (χ0n) is 10.9. The molecule has 0 aliphatic rings. The molecule has 6 nitrogen and oxygen atoms in total. The molecule has 1 N–H and O–H groups in total. The van der Waals surface area contributed by atoms with E-state index in [1.54, 1.807) is 0 Å². The molecule has 0 spiro atoms. The lowest BCUT2D eigenvalue weighted by Gasteiger charge is -2.06. The largest absolute Gasteiger partial charge is 0.418 e. The van der Waals surface area contributed by atoms with Gasteiger partial charge in [-0.05, 0) is 12.1 Å². The van der Waals surface area contributed by atoms with Crippen LogP contribution < -0.4 is 5.43 Å². The first-order chi connectivity index (χ1) is 10.5. The molecule has 0 aliphatic heterocycles. The minimum absolute atomic E-state index is 0.0000227. The summed E-state index contributed by atoms with van der Waals surface area (Å²) in [5.41, 5.74) is 1.57. The Hall–Kier alpha value is -2.97. The Balaban J connectivity index is 2.03. The van der Waals surface area contributed by atoms with Crippen LogP contribution in [0.25, 0.3) is 11.0 Å². The maximum Gasteiger partial charge on any atom is 0.418 e. The zero-order chi connectivity index (χ0) is 15.7. The molecule has 3 aromatic rings. The van der Waals surface area contributed by atoms with Gasteiger partial charge in [-0.2, -0.15) is 13.2 Å². The van der Waals surface area contributed by atoms with Gasteiger partial charge in [-0.1, -0.05) is 0 Å². The summed E-state index contributed by atoms with van der Waals surface area (Å²) in [6.07, 6.45) is 1.34. The number of hydrogen-bond acceptors (Lipinski definition) is 4. The second-order valence-corrected chi connectivity index (χ2v) is 4.35. The first-order valence-corrected chi connectivity index (χ1v) is 6.06. The highest BCUT2D eigenvalue weighted by molar-refractivity contribution is 6.00. The maximum atomic E-state index is 13.0. The molecule has 0 aromatic carbocycles. The summed E-state index contributed by atoms with van der Waals surface area (Å²) in [7, 11) is 0. The van der Waals surface area contributed by atoms with E-state index in [1.807, 2.05) is 0 Å². The summed E-state index contributed by atoms with van der Waals surface area (Å²) in [5, 5.41) is -0.0976. The maximum absolute atomic E-state index is 13.0. The van der Waals surface area contributed by atoms with E-state index >= 15 is 0 Å². The van der Waals surface area contributed by atoms with Crippen molar-refractivity contribution in [3.8, 4) is 0 Å². The zero-order valence-corrected chi connectivity index (χ0v) is 10.9. The van der Waals surface area contributed by atoms with E-state index in [4.69, 9.17) is 0 Å². The Kier molecular flexibility index (Phi) is 3.24. The van der Waals surface area contributed by atoms with Crippen molar-refractivity contribution in [1.29, 1.82) is 0 Å². The van der Waals surface area contributed by atoms with Crippen molar-refractivity contribution in [2.24, 2.45) is 0 Å². The molecule has 3 aromatic heterocycles. The molecule has 0 bridgehead atoms. The van der Waals surface area contributed by atoms with Crippen molar-refractivity contribution in [2.75, 3.05) is 5.43 Å². The highest BCUT2D eigenvalue weighted by atomic mass is 19.4. The first-order valence-electron chi connectivity index (χ1n) is 6.06. The summed E-state index contributed by atoms with van der Waals surface area (Å²) < 4.78 is 40.0. The number of rotatable bonds is 2. The van der Waals surface area contributed by atoms with Gasteiger partial charge in [0.25, 0.3) is 5.91 Å². The highest BCUT2D eigenvalue weighted by Crippen LogP contribution is 2.35. The summed E-state index contributed by atoms with van der Waals surface area (Å²) in [4.78, 5) is 23.2. The van der Waals surface area contributed by atoms with Gasteiger partial charge in [-0.15, -0.1) is 0 Å². The Bertz CT molecular complexity index is 829. The fourth-order valence-corrected chi connectivity index (χ4v) is 1.96. The van der Waals surface area contributed by atoms with Crippen LogP contribution in [0.1, 0.15) is 15.9 Å². The Morgan fingerprint density at radius 1 is 1.23 bits per heavy atom. The number of carbonyl (C=O) groups excluding carboxylic acids is 1. The molecule has 3 rings (SSSR count). The number of halogens is 3. The Morgan fingerprint density at radius 2 is 1.95 bits per heavy atom. The molecule has 0 aliphatic carbocycles. The number of pyridine rings is 1. The number of fused-ring (bicyclic) bond motifs is 1. The fourth-order valence-electron chi connectivity index (χ4n) is 1.96. The predicted molar refractivity (Wildman–Crippen MR) is 70.5 cm³/mol. The molecule has 0 unspecified atom stereocenters. The molecule has 0 atom stereocenters. The summed E-state index contributed by atoms with van der Waals surface area (Å²) >= 11 is 0. The van der Waals surface area contributed by atoms with Gasteiger partial charge in [0.2, 0.25) is 0 Å². The number of alkyl halides is 3. The van der Waals surface area contributed by atoms with E-state index < -0.39 is 17.6 Å². The molecule has 112 valence electrons. The molecule has 0 fully saturated rings. The second-order valence-electron chi connectivity index (χ2n) is 4.35. The third-order valence-corrected chi connectivity index (χ3v) is 2.91. The number of nitrogens with zero attached hydrogens (tertiary/aromatic N) is 4. The Morgan fingerprint density at radius 3 is 2.64 bits per heavy atom. The first kappa shape index (κ1) is 14.0. The van der Waals surface area contributed by atoms with Crippen LogP contribution in [0.15, 0.2) is 43.2 Å². The second kappa shape index (κ2) is 5.10. The molecule has 3 heterocycles. The number of aromatic nitrogens is 4. The normalized spacial score (nSPS) is 11.6. The van der Waals surface area contributed by atoms with Crippen molar-refractivity contribution in [3.63, 3.8) is 0 Å². The van der Waals surface area contributed by atoms with Crippen molar-refractivity contribution >= 4 is 16.9 Å². The average Bonchev–Trinajstić information content (AvgIpc) is 2.87. The standard InChI is InChI=1S/C13H8F3N5O/c14-13(15,16)10-6-21(11-9(10)2-1-3-19-11)20-12(22)8-4-17-7-18-5-8/h1-7H,(H,20,22). The van der Waals surface area contributed by atoms with Gasteiger partial charge in [0.15, 0.2) is 5.65 Å². The van der Waals surface area contributed by atoms with Crippen LogP contribution in [0.4, 0.5) is 13.2 Å². The quantitative estimate of drug-likeness (QED) is 0.788. The minimum Gasteiger partial charge on any atom is -0.267 e. The van der Waals surface area contributed by atoms with Crippen LogP contribution >= 0.6 is 0 Å². The van der Waals surface area contributed by atoms with Crippen LogP contribution in [-0.4, -0.2) is 25.5 Å². The van der Waals surface area contributed by atoms with E-state index in [1.165, 1.54) is 37.1 Å². The molecule has 1 amide bonds. The number of nitrogens with one attached hydrogen (secondary N) is 1. The van der Waals surface area contributed by atoms with Gasteiger partial charge in [-0.3, -0.25) is 10.2 Å². The van der Waals surface area contributed by atoms with Crippen molar-refractivity contribution in [3.05, 3.63) is 54.4 Å². The van der Waals surface area contributed by atoms with Gasteiger partial charge >= 0.3 is 6.18 Å². The molecule has 22 heavy (non-hydrogen) atoms. The van der Waals surface area contributed by atoms with E-state index in [0.717, 1.165) is 10.9 Å². The summed E-state index contributed by atoms with van der Waals surface area (Å²) in [5.74, 6) is -0.642. The molecular weight excluding hydrogens is 299 g/mol. The van der Waals surface area contributed by atoms with Crippen LogP contribution in [0.3, 0.4) is 0 Å². The van der Waals surface area contributed by atoms with Crippen molar-refractivity contribution < 1.29 is 18.0 Å². The predicted octanol–water partition coefficient (Wildman–Crippen LogP) is 2.23. The van der Waals surface area contributed by atoms with Crippen LogP contribution in [0.2, 0.25) is 0 Å². The van der Waals surface area contributed by atoms with Crippen molar-refractivity contribution in [1.82, 2.24) is 19.6 Å². The van der Waals surface area contributed by atoms with Gasteiger partial charge in [0, 0.05) is 30.2 Å². The van der Waals surface area contributed by atoms with Gasteiger partial charge < -0.3 is 0 Å². The van der Waals surface area contributed by atoms with Crippen LogP contribution in [-0.2, 0) is 6.18 Å². The number of amides is 1. The third-order valence-electron chi connectivity index (χ3n) is 2.91. The Labute approximate surface area is 121 Å². The molecule has 0 saturated heterocycles. The van der Waals surface area contributed by atoms with Gasteiger partial charge in [0.1, 0.15) is 6.33 Å². The molecule has 0 radical (unpaired) electrons. The lowest BCUT2D eigenvalue weighted by molar-refractivity contribution is -0.136. The number of hydrogen-bond donors (Lipinski definition) is 1. The average molecular weight is 307 g/mol. The highest BCUT2D eigenvalue weighted by Gasteiger charge is 2.35. The van der Waals surface area contributed by atoms with Gasteiger partial charge in [0.05, 0.1) is 11.1 Å². The molecule has 0 saturated carbocycles.